The molecule has 6 heteroatoms. The topological polar surface area (TPSA) is 66.8 Å². The number of allylic oxidation sites excluding steroid dienone is 1. The quantitative estimate of drug-likeness (QED) is 0.562. The molecule has 0 aliphatic carbocycles. The number of carbonyl (C=O) groups excluding carboxylic acids is 2. The smallest absolute Gasteiger partial charge is 0.340 e. The molecule has 0 atom stereocenters. The maximum absolute atomic E-state index is 12.3. The second kappa shape index (κ2) is 8.89. The van der Waals surface area contributed by atoms with E-state index in [1.54, 1.807) is 25.4 Å². The third-order valence-corrected chi connectivity index (χ3v) is 3.95. The van der Waals surface area contributed by atoms with E-state index < -0.39 is 11.9 Å². The second-order valence-corrected chi connectivity index (χ2v) is 5.56. The molecule has 2 aromatic rings. The van der Waals surface area contributed by atoms with Gasteiger partial charge in [0.25, 0.3) is 0 Å². The van der Waals surface area contributed by atoms with Gasteiger partial charge < -0.3 is 18.8 Å². The molecule has 0 saturated heterocycles. The number of esters is 2. The molecule has 6 nitrogen and oxygen atoms in total. The number of aromatic nitrogens is 1. The third kappa shape index (κ3) is 4.14. The van der Waals surface area contributed by atoms with Crippen molar-refractivity contribution in [1.29, 1.82) is 0 Å². The number of benzene rings is 1. The number of nitrogens with zero attached hydrogens (tertiary/aromatic N) is 1. The molecule has 0 aliphatic heterocycles. The van der Waals surface area contributed by atoms with E-state index in [-0.39, 0.29) is 0 Å². The van der Waals surface area contributed by atoms with Crippen LogP contribution < -0.4 is 4.74 Å². The summed E-state index contributed by atoms with van der Waals surface area (Å²) < 4.78 is 16.8. The SMILES string of the molecule is CC/C=C(\C(=O)OC)c1c(C(=O)OC)ccn1Cc1ccc(OC)cc1. The van der Waals surface area contributed by atoms with E-state index in [2.05, 4.69) is 0 Å². The summed E-state index contributed by atoms with van der Waals surface area (Å²) in [6.07, 6.45) is 4.13. The first kappa shape index (κ1) is 19.3. The molecule has 0 aliphatic rings. The Labute approximate surface area is 153 Å². The Balaban J connectivity index is 2.51. The van der Waals surface area contributed by atoms with Gasteiger partial charge in [0.2, 0.25) is 0 Å². The van der Waals surface area contributed by atoms with Crippen LogP contribution in [0.15, 0.2) is 42.6 Å². The minimum Gasteiger partial charge on any atom is -0.497 e. The van der Waals surface area contributed by atoms with Crippen LogP contribution in [-0.4, -0.2) is 37.8 Å². The highest BCUT2D eigenvalue weighted by molar-refractivity contribution is 6.18. The monoisotopic (exact) mass is 357 g/mol. The van der Waals surface area contributed by atoms with E-state index in [0.717, 1.165) is 11.3 Å². The second-order valence-electron chi connectivity index (χ2n) is 5.56. The zero-order valence-electron chi connectivity index (χ0n) is 15.4. The van der Waals surface area contributed by atoms with Crippen LogP contribution in [0.3, 0.4) is 0 Å². The maximum atomic E-state index is 12.3. The molecule has 1 aromatic heterocycles. The summed E-state index contributed by atoms with van der Waals surface area (Å²) in [5.74, 6) is -0.232. The van der Waals surface area contributed by atoms with Gasteiger partial charge in [-0.15, -0.1) is 0 Å². The highest BCUT2D eigenvalue weighted by atomic mass is 16.5. The van der Waals surface area contributed by atoms with Crippen molar-refractivity contribution >= 4 is 17.5 Å². The Kier molecular flexibility index (Phi) is 6.60. The molecule has 0 amide bonds. The Morgan fingerprint density at radius 2 is 1.73 bits per heavy atom. The lowest BCUT2D eigenvalue weighted by atomic mass is 10.1. The molecular weight excluding hydrogens is 334 g/mol. The van der Waals surface area contributed by atoms with Crippen LogP contribution in [0.25, 0.3) is 5.57 Å². The summed E-state index contributed by atoms with van der Waals surface area (Å²) in [6.45, 7) is 2.39. The van der Waals surface area contributed by atoms with Gasteiger partial charge in [-0.25, -0.2) is 9.59 Å². The first-order chi connectivity index (χ1) is 12.5. The maximum Gasteiger partial charge on any atom is 0.340 e. The van der Waals surface area contributed by atoms with Gasteiger partial charge in [0, 0.05) is 12.7 Å². The van der Waals surface area contributed by atoms with E-state index >= 15 is 0 Å². The highest BCUT2D eigenvalue weighted by Crippen LogP contribution is 2.25. The molecule has 26 heavy (non-hydrogen) atoms. The molecule has 2 rings (SSSR count). The molecule has 138 valence electrons. The van der Waals surface area contributed by atoms with Gasteiger partial charge in [-0.2, -0.15) is 0 Å². The largest absolute Gasteiger partial charge is 0.497 e. The molecular formula is C20H23NO5. The van der Waals surface area contributed by atoms with Crippen molar-refractivity contribution in [2.24, 2.45) is 0 Å². The Morgan fingerprint density at radius 3 is 2.27 bits per heavy atom. The average Bonchev–Trinajstić information content (AvgIpc) is 3.08. The lowest BCUT2D eigenvalue weighted by Crippen LogP contribution is -2.14. The van der Waals surface area contributed by atoms with Crippen molar-refractivity contribution in [1.82, 2.24) is 4.57 Å². The number of hydrogen-bond acceptors (Lipinski definition) is 5. The van der Waals surface area contributed by atoms with E-state index in [0.29, 0.717) is 29.8 Å². The summed E-state index contributed by atoms with van der Waals surface area (Å²) in [4.78, 5) is 24.5. The van der Waals surface area contributed by atoms with E-state index in [1.165, 1.54) is 14.2 Å². The van der Waals surface area contributed by atoms with E-state index in [9.17, 15) is 9.59 Å². The standard InChI is InChI=1S/C20H23NO5/c1-5-6-16(19(22)25-3)18-17(20(23)26-4)11-12-21(18)13-14-7-9-15(24-2)10-8-14/h6-12H,5,13H2,1-4H3/b16-6-. The lowest BCUT2D eigenvalue weighted by Gasteiger charge is -2.13. The lowest BCUT2D eigenvalue weighted by molar-refractivity contribution is -0.133. The molecule has 1 aromatic carbocycles. The van der Waals surface area contributed by atoms with Crippen LogP contribution >= 0.6 is 0 Å². The molecule has 0 N–H and O–H groups in total. The summed E-state index contributed by atoms with van der Waals surface area (Å²) in [7, 11) is 4.24. The minimum atomic E-state index is -0.501. The fraction of sp³-hybridized carbons (Fsp3) is 0.300. The van der Waals surface area contributed by atoms with Gasteiger partial charge in [0.1, 0.15) is 5.75 Å². The zero-order valence-corrected chi connectivity index (χ0v) is 15.4. The number of carbonyl (C=O) groups is 2. The van der Waals surface area contributed by atoms with Crippen molar-refractivity contribution in [3.8, 4) is 5.75 Å². The number of methoxy groups -OCH3 is 3. The van der Waals surface area contributed by atoms with E-state index in [1.807, 2.05) is 35.8 Å². The molecule has 0 radical (unpaired) electrons. The molecule has 0 spiro atoms. The molecule has 0 unspecified atom stereocenters. The van der Waals surface area contributed by atoms with Gasteiger partial charge in [0.15, 0.2) is 0 Å². The normalized spacial score (nSPS) is 11.2. The van der Waals surface area contributed by atoms with Gasteiger partial charge >= 0.3 is 11.9 Å². The first-order valence-electron chi connectivity index (χ1n) is 8.24. The van der Waals surface area contributed by atoms with Crippen molar-refractivity contribution in [3.05, 3.63) is 59.4 Å². The number of ether oxygens (including phenoxy) is 3. The van der Waals surface area contributed by atoms with Crippen LogP contribution in [0.4, 0.5) is 0 Å². The van der Waals surface area contributed by atoms with E-state index in [4.69, 9.17) is 14.2 Å². The fourth-order valence-corrected chi connectivity index (χ4v) is 2.70. The fourth-order valence-electron chi connectivity index (χ4n) is 2.70. The van der Waals surface area contributed by atoms with Crippen LogP contribution in [0.1, 0.15) is 35.0 Å². The Hall–Kier alpha value is -3.02. The molecule has 0 fully saturated rings. The van der Waals surface area contributed by atoms with Crippen molar-refractivity contribution in [3.63, 3.8) is 0 Å². The summed E-state index contributed by atoms with van der Waals surface area (Å²) in [5, 5.41) is 0. The van der Waals surface area contributed by atoms with Crippen LogP contribution in [0.5, 0.6) is 5.75 Å². The summed E-state index contributed by atoms with van der Waals surface area (Å²) >= 11 is 0. The zero-order chi connectivity index (χ0) is 19.1. The van der Waals surface area contributed by atoms with Crippen molar-refractivity contribution in [2.75, 3.05) is 21.3 Å². The molecule has 0 bridgehead atoms. The van der Waals surface area contributed by atoms with Crippen LogP contribution in [0.2, 0.25) is 0 Å². The Morgan fingerprint density at radius 1 is 1.04 bits per heavy atom. The van der Waals surface area contributed by atoms with Gasteiger partial charge in [-0.1, -0.05) is 25.1 Å². The number of rotatable bonds is 7. The average molecular weight is 357 g/mol. The molecule has 0 saturated carbocycles. The first-order valence-corrected chi connectivity index (χ1v) is 8.24. The van der Waals surface area contributed by atoms with Crippen molar-refractivity contribution in [2.45, 2.75) is 19.9 Å². The molecule has 1 heterocycles. The van der Waals surface area contributed by atoms with Crippen LogP contribution in [-0.2, 0) is 20.8 Å². The predicted molar refractivity (Wildman–Crippen MR) is 98.2 cm³/mol. The highest BCUT2D eigenvalue weighted by Gasteiger charge is 2.24. The third-order valence-electron chi connectivity index (χ3n) is 3.95. The summed E-state index contributed by atoms with van der Waals surface area (Å²) in [6, 6.07) is 9.24. The Bertz CT molecular complexity index is 802. The van der Waals surface area contributed by atoms with Gasteiger partial charge in [0.05, 0.1) is 38.2 Å². The predicted octanol–water partition coefficient (Wildman–Crippen LogP) is 3.30. The van der Waals surface area contributed by atoms with Crippen molar-refractivity contribution < 1.29 is 23.8 Å². The van der Waals surface area contributed by atoms with Gasteiger partial charge in [-0.3, -0.25) is 0 Å². The summed E-state index contributed by atoms with van der Waals surface area (Å²) in [5.41, 5.74) is 2.15. The number of hydrogen-bond donors (Lipinski definition) is 0. The van der Waals surface area contributed by atoms with Gasteiger partial charge in [-0.05, 0) is 30.2 Å². The van der Waals surface area contributed by atoms with Crippen LogP contribution in [0, 0.1) is 0 Å². The minimum absolute atomic E-state index is 0.325.